The van der Waals surface area contributed by atoms with E-state index in [0.717, 1.165) is 18.0 Å². The molecule has 3 fully saturated rings. The Kier molecular flexibility index (Phi) is 4.22. The zero-order valence-electron chi connectivity index (χ0n) is 11.9. The van der Waals surface area contributed by atoms with Crippen LogP contribution in [0.1, 0.15) is 39.0 Å². The summed E-state index contributed by atoms with van der Waals surface area (Å²) in [7, 11) is 0. The lowest BCUT2D eigenvalue weighted by atomic mass is 10.0. The summed E-state index contributed by atoms with van der Waals surface area (Å²) in [5.74, 6) is 0.919. The molecule has 3 rings (SSSR count). The van der Waals surface area contributed by atoms with Crippen molar-refractivity contribution in [2.24, 2.45) is 5.92 Å². The van der Waals surface area contributed by atoms with Crippen molar-refractivity contribution in [3.05, 3.63) is 0 Å². The van der Waals surface area contributed by atoms with E-state index in [4.69, 9.17) is 0 Å². The molecule has 3 nitrogen and oxygen atoms in total. The molecule has 0 amide bonds. The van der Waals surface area contributed by atoms with Crippen molar-refractivity contribution in [1.29, 1.82) is 0 Å². The van der Waals surface area contributed by atoms with Gasteiger partial charge in [0.05, 0.1) is 0 Å². The van der Waals surface area contributed by atoms with Crippen LogP contribution in [-0.4, -0.2) is 61.2 Å². The van der Waals surface area contributed by atoms with E-state index in [1.807, 2.05) is 0 Å². The molecule has 0 aromatic heterocycles. The molecule has 3 heteroatoms. The predicted octanol–water partition coefficient (Wildman–Crippen LogP) is 1.54. The molecule has 1 N–H and O–H groups in total. The number of nitrogens with zero attached hydrogens (tertiary/aromatic N) is 2. The Hall–Kier alpha value is -0.120. The highest BCUT2D eigenvalue weighted by molar-refractivity contribution is 4.88. The van der Waals surface area contributed by atoms with Crippen molar-refractivity contribution in [3.63, 3.8) is 0 Å². The third-order valence-electron chi connectivity index (χ3n) is 5.03. The topological polar surface area (TPSA) is 18.5 Å². The van der Waals surface area contributed by atoms with Crippen LogP contribution >= 0.6 is 0 Å². The standard InChI is InChI=1S/C15H29N3/c1-2-17-8-3-4-15(12-17)18-9-7-13(11-18)10-16-14-5-6-14/h13-16H,2-12H2,1H3. The highest BCUT2D eigenvalue weighted by Crippen LogP contribution is 2.25. The molecule has 0 spiro atoms. The monoisotopic (exact) mass is 251 g/mol. The Morgan fingerprint density at radius 3 is 2.72 bits per heavy atom. The zero-order chi connectivity index (χ0) is 12.4. The van der Waals surface area contributed by atoms with E-state index in [9.17, 15) is 0 Å². The molecule has 2 atom stereocenters. The van der Waals surface area contributed by atoms with Gasteiger partial charge in [0, 0.05) is 25.2 Å². The van der Waals surface area contributed by atoms with Gasteiger partial charge in [-0.3, -0.25) is 4.90 Å². The lowest BCUT2D eigenvalue weighted by molar-refractivity contribution is 0.116. The lowest BCUT2D eigenvalue weighted by Crippen LogP contribution is -2.47. The summed E-state index contributed by atoms with van der Waals surface area (Å²) < 4.78 is 0. The van der Waals surface area contributed by atoms with Gasteiger partial charge in [-0.15, -0.1) is 0 Å². The molecule has 18 heavy (non-hydrogen) atoms. The number of rotatable bonds is 5. The third-order valence-corrected chi connectivity index (χ3v) is 5.03. The zero-order valence-corrected chi connectivity index (χ0v) is 11.9. The minimum atomic E-state index is 0.852. The van der Waals surface area contributed by atoms with Gasteiger partial charge < -0.3 is 10.2 Å². The number of likely N-dealkylation sites (tertiary alicyclic amines) is 2. The van der Waals surface area contributed by atoms with Gasteiger partial charge in [-0.05, 0) is 64.2 Å². The van der Waals surface area contributed by atoms with Gasteiger partial charge in [0.1, 0.15) is 0 Å². The average molecular weight is 251 g/mol. The minimum absolute atomic E-state index is 0.852. The van der Waals surface area contributed by atoms with Crippen LogP contribution in [0.4, 0.5) is 0 Å². The molecule has 0 aromatic rings. The molecule has 2 unspecified atom stereocenters. The molecule has 0 radical (unpaired) electrons. The van der Waals surface area contributed by atoms with Gasteiger partial charge in [-0.25, -0.2) is 0 Å². The van der Waals surface area contributed by atoms with Crippen LogP contribution in [0.3, 0.4) is 0 Å². The largest absolute Gasteiger partial charge is 0.314 e. The van der Waals surface area contributed by atoms with E-state index < -0.39 is 0 Å². The summed E-state index contributed by atoms with van der Waals surface area (Å²) in [6.07, 6.45) is 7.09. The van der Waals surface area contributed by atoms with Gasteiger partial charge in [0.15, 0.2) is 0 Å². The van der Waals surface area contributed by atoms with E-state index in [1.54, 1.807) is 0 Å². The fourth-order valence-corrected chi connectivity index (χ4v) is 3.60. The summed E-state index contributed by atoms with van der Waals surface area (Å²) in [4.78, 5) is 5.41. The first-order valence-corrected chi connectivity index (χ1v) is 8.05. The maximum atomic E-state index is 3.70. The third kappa shape index (κ3) is 3.25. The summed E-state index contributed by atoms with van der Waals surface area (Å²) in [5, 5.41) is 3.70. The molecule has 0 bridgehead atoms. The Balaban J connectivity index is 1.42. The molecule has 3 aliphatic rings. The van der Waals surface area contributed by atoms with Gasteiger partial charge >= 0.3 is 0 Å². The van der Waals surface area contributed by atoms with Crippen LogP contribution in [0.15, 0.2) is 0 Å². The van der Waals surface area contributed by atoms with Crippen molar-refractivity contribution >= 4 is 0 Å². The molecule has 0 aromatic carbocycles. The van der Waals surface area contributed by atoms with Crippen molar-refractivity contribution in [1.82, 2.24) is 15.1 Å². The van der Waals surface area contributed by atoms with Gasteiger partial charge in [0.2, 0.25) is 0 Å². The fourth-order valence-electron chi connectivity index (χ4n) is 3.60. The lowest BCUT2D eigenvalue weighted by Gasteiger charge is -2.37. The van der Waals surface area contributed by atoms with Crippen LogP contribution in [-0.2, 0) is 0 Å². The van der Waals surface area contributed by atoms with Crippen molar-refractivity contribution < 1.29 is 0 Å². The molecule has 2 saturated heterocycles. The van der Waals surface area contributed by atoms with Gasteiger partial charge in [-0.1, -0.05) is 6.92 Å². The summed E-state index contributed by atoms with van der Waals surface area (Å²) in [6, 6.07) is 1.73. The van der Waals surface area contributed by atoms with Crippen LogP contribution in [0.25, 0.3) is 0 Å². The summed E-state index contributed by atoms with van der Waals surface area (Å²) >= 11 is 0. The highest BCUT2D eigenvalue weighted by atomic mass is 15.2. The van der Waals surface area contributed by atoms with Crippen molar-refractivity contribution in [2.75, 3.05) is 39.3 Å². The normalized spacial score (nSPS) is 35.2. The number of nitrogens with one attached hydrogen (secondary N) is 1. The second-order valence-corrected chi connectivity index (χ2v) is 6.52. The molecule has 1 aliphatic carbocycles. The minimum Gasteiger partial charge on any atom is -0.314 e. The van der Waals surface area contributed by atoms with E-state index in [-0.39, 0.29) is 0 Å². The highest BCUT2D eigenvalue weighted by Gasteiger charge is 2.31. The predicted molar refractivity (Wildman–Crippen MR) is 75.8 cm³/mol. The van der Waals surface area contributed by atoms with Crippen LogP contribution in [0.2, 0.25) is 0 Å². The second-order valence-electron chi connectivity index (χ2n) is 6.52. The molecular weight excluding hydrogens is 222 g/mol. The Labute approximate surface area is 112 Å². The van der Waals surface area contributed by atoms with E-state index in [0.29, 0.717) is 0 Å². The average Bonchev–Trinajstić information content (AvgIpc) is 3.13. The van der Waals surface area contributed by atoms with E-state index in [1.165, 1.54) is 71.4 Å². The van der Waals surface area contributed by atoms with Gasteiger partial charge in [0.25, 0.3) is 0 Å². The van der Waals surface area contributed by atoms with Crippen molar-refractivity contribution in [3.8, 4) is 0 Å². The number of hydrogen-bond donors (Lipinski definition) is 1. The molecule has 1 saturated carbocycles. The molecule has 104 valence electrons. The first-order chi connectivity index (χ1) is 8.85. The molecule has 2 heterocycles. The SMILES string of the molecule is CCN1CCCC(N2CCC(CNC3CC3)C2)C1. The number of hydrogen-bond acceptors (Lipinski definition) is 3. The maximum Gasteiger partial charge on any atom is 0.0223 e. The first kappa shape index (κ1) is 12.9. The number of piperidine rings is 1. The fraction of sp³-hybridized carbons (Fsp3) is 1.00. The first-order valence-electron chi connectivity index (χ1n) is 8.05. The second kappa shape index (κ2) is 5.89. The van der Waals surface area contributed by atoms with Crippen LogP contribution in [0.5, 0.6) is 0 Å². The van der Waals surface area contributed by atoms with Crippen LogP contribution < -0.4 is 5.32 Å². The van der Waals surface area contributed by atoms with Crippen LogP contribution in [0, 0.1) is 5.92 Å². The van der Waals surface area contributed by atoms with E-state index >= 15 is 0 Å². The molecular formula is C15H29N3. The van der Waals surface area contributed by atoms with Gasteiger partial charge in [-0.2, -0.15) is 0 Å². The van der Waals surface area contributed by atoms with E-state index in [2.05, 4.69) is 22.0 Å². The quantitative estimate of drug-likeness (QED) is 0.800. The molecule has 2 aliphatic heterocycles. The summed E-state index contributed by atoms with van der Waals surface area (Å²) in [6.45, 7) is 10.1. The Bertz CT molecular complexity index is 264. The smallest absolute Gasteiger partial charge is 0.0223 e. The maximum absolute atomic E-state index is 3.70. The van der Waals surface area contributed by atoms with Crippen molar-refractivity contribution in [2.45, 2.75) is 51.1 Å². The summed E-state index contributed by atoms with van der Waals surface area (Å²) in [5.41, 5.74) is 0. The Morgan fingerprint density at radius 1 is 1.06 bits per heavy atom. The Morgan fingerprint density at radius 2 is 1.94 bits per heavy atom. The number of likely N-dealkylation sites (N-methyl/N-ethyl adjacent to an activating group) is 1.